The molecule has 0 unspecified atom stereocenters. The van der Waals surface area contributed by atoms with Crippen LogP contribution in [0, 0.1) is 0 Å². The molecule has 0 radical (unpaired) electrons. The number of pyridine rings is 1. The lowest BCUT2D eigenvalue weighted by Crippen LogP contribution is -2.53. The number of halogens is 1. The first-order valence-corrected chi connectivity index (χ1v) is 9.68. The molecule has 1 aliphatic heterocycles. The van der Waals surface area contributed by atoms with E-state index >= 15 is 0 Å². The second-order valence-electron chi connectivity index (χ2n) is 6.65. The Bertz CT molecular complexity index is 763. The molecular weight excluding hydrogens is 479 g/mol. The van der Waals surface area contributed by atoms with Gasteiger partial charge in [-0.05, 0) is 17.7 Å². The summed E-state index contributed by atoms with van der Waals surface area (Å²) in [7, 11) is 1.78. The summed E-state index contributed by atoms with van der Waals surface area (Å²) in [6.45, 7) is 4.66. The van der Waals surface area contributed by atoms with E-state index in [2.05, 4.69) is 30.4 Å². The van der Waals surface area contributed by atoms with Crippen molar-refractivity contribution in [3.63, 3.8) is 0 Å². The van der Waals surface area contributed by atoms with Crippen molar-refractivity contribution in [2.75, 3.05) is 44.7 Å². The van der Waals surface area contributed by atoms with Crippen LogP contribution in [0.25, 0.3) is 0 Å². The van der Waals surface area contributed by atoms with E-state index < -0.39 is 0 Å². The number of nitrogens with one attached hydrogen (secondary N) is 2. The first-order chi connectivity index (χ1) is 13.8. The maximum Gasteiger partial charge on any atom is 0.222 e. The Morgan fingerprint density at radius 2 is 1.76 bits per heavy atom. The van der Waals surface area contributed by atoms with E-state index in [9.17, 15) is 4.79 Å². The Morgan fingerprint density at radius 1 is 1.03 bits per heavy atom. The third-order valence-corrected chi connectivity index (χ3v) is 4.73. The number of carbonyl (C=O) groups is 1. The van der Waals surface area contributed by atoms with Gasteiger partial charge in [0.15, 0.2) is 5.96 Å². The van der Waals surface area contributed by atoms with Gasteiger partial charge in [0.1, 0.15) is 5.82 Å². The van der Waals surface area contributed by atoms with Gasteiger partial charge >= 0.3 is 0 Å². The average molecular weight is 508 g/mol. The highest BCUT2D eigenvalue weighted by Crippen LogP contribution is 2.12. The van der Waals surface area contributed by atoms with E-state index in [-0.39, 0.29) is 29.9 Å². The minimum atomic E-state index is 0. The summed E-state index contributed by atoms with van der Waals surface area (Å²) >= 11 is 0. The molecule has 0 bridgehead atoms. The summed E-state index contributed by atoms with van der Waals surface area (Å²) in [5.41, 5.74) is 1.10. The van der Waals surface area contributed by atoms with Crippen LogP contribution in [0.4, 0.5) is 5.82 Å². The number of hydrogen-bond donors (Lipinski definition) is 2. The Labute approximate surface area is 189 Å². The fourth-order valence-electron chi connectivity index (χ4n) is 3.19. The fourth-order valence-corrected chi connectivity index (χ4v) is 3.19. The van der Waals surface area contributed by atoms with Crippen LogP contribution >= 0.6 is 24.0 Å². The Kier molecular flexibility index (Phi) is 9.69. The van der Waals surface area contributed by atoms with Gasteiger partial charge in [0.05, 0.1) is 0 Å². The third-order valence-electron chi connectivity index (χ3n) is 4.73. The smallest absolute Gasteiger partial charge is 0.222 e. The molecule has 1 fully saturated rings. The number of nitrogens with zero attached hydrogens (tertiary/aromatic N) is 4. The lowest BCUT2D eigenvalue weighted by atomic mass is 10.2. The molecule has 1 aromatic carbocycles. The number of hydrogen-bond acceptors (Lipinski definition) is 4. The topological polar surface area (TPSA) is 72.9 Å². The van der Waals surface area contributed by atoms with Crippen molar-refractivity contribution in [2.24, 2.45) is 4.99 Å². The summed E-state index contributed by atoms with van der Waals surface area (Å²) < 4.78 is 0. The molecule has 0 spiro atoms. The van der Waals surface area contributed by atoms with Crippen molar-refractivity contribution >= 4 is 41.7 Å². The Hall–Kier alpha value is -2.36. The van der Waals surface area contributed by atoms with Crippen LogP contribution in [-0.4, -0.2) is 61.5 Å². The van der Waals surface area contributed by atoms with Crippen molar-refractivity contribution in [3.8, 4) is 0 Å². The van der Waals surface area contributed by atoms with E-state index in [1.54, 1.807) is 7.05 Å². The highest BCUT2D eigenvalue weighted by atomic mass is 127. The molecule has 0 aliphatic carbocycles. The first-order valence-electron chi connectivity index (χ1n) is 9.68. The zero-order valence-electron chi connectivity index (χ0n) is 16.8. The van der Waals surface area contributed by atoms with Gasteiger partial charge in [-0.3, -0.25) is 9.79 Å². The largest absolute Gasteiger partial charge is 0.356 e. The number of benzene rings is 1. The standard InChI is InChI=1S/C21H28N6O.HI/c1-22-21(24-12-10-20(28)25-17-18-7-3-2-4-8-18)27-15-13-26(14-16-27)19-9-5-6-11-23-19;/h2-9,11H,10,12-17H2,1H3,(H,22,24)(H,25,28);1H. The van der Waals surface area contributed by atoms with E-state index in [1.165, 1.54) is 0 Å². The van der Waals surface area contributed by atoms with Gasteiger partial charge in [0.25, 0.3) is 0 Å². The van der Waals surface area contributed by atoms with Crippen molar-refractivity contribution in [1.82, 2.24) is 20.5 Å². The number of anilines is 1. The minimum Gasteiger partial charge on any atom is -0.356 e. The monoisotopic (exact) mass is 508 g/mol. The molecule has 1 saturated heterocycles. The second-order valence-corrected chi connectivity index (χ2v) is 6.65. The summed E-state index contributed by atoms with van der Waals surface area (Å²) in [4.78, 5) is 25.3. The number of piperazine rings is 1. The van der Waals surface area contributed by atoms with Crippen LogP contribution < -0.4 is 15.5 Å². The van der Waals surface area contributed by atoms with Crippen molar-refractivity contribution in [2.45, 2.75) is 13.0 Å². The highest BCUT2D eigenvalue weighted by Gasteiger charge is 2.20. The van der Waals surface area contributed by atoms with Crippen molar-refractivity contribution in [1.29, 1.82) is 0 Å². The molecule has 29 heavy (non-hydrogen) atoms. The number of rotatable bonds is 6. The lowest BCUT2D eigenvalue weighted by Gasteiger charge is -2.37. The summed E-state index contributed by atoms with van der Waals surface area (Å²) in [6, 6.07) is 15.9. The number of amides is 1. The van der Waals surface area contributed by atoms with E-state index in [0.717, 1.165) is 43.5 Å². The number of guanidine groups is 1. The summed E-state index contributed by atoms with van der Waals surface area (Å²) in [5.74, 6) is 1.89. The maximum atomic E-state index is 12.0. The molecule has 156 valence electrons. The van der Waals surface area contributed by atoms with Gasteiger partial charge in [-0.25, -0.2) is 4.98 Å². The predicted molar refractivity (Wildman–Crippen MR) is 128 cm³/mol. The highest BCUT2D eigenvalue weighted by molar-refractivity contribution is 14.0. The zero-order chi connectivity index (χ0) is 19.6. The SMILES string of the molecule is CN=C(NCCC(=O)NCc1ccccc1)N1CCN(c2ccccn2)CC1.I. The Balaban J connectivity index is 0.00000300. The number of aliphatic imine (C=N–C) groups is 1. The molecule has 2 heterocycles. The molecule has 7 nitrogen and oxygen atoms in total. The molecular formula is C21H29IN6O. The average Bonchev–Trinajstić information content (AvgIpc) is 2.77. The van der Waals surface area contributed by atoms with Crippen LogP contribution in [0.15, 0.2) is 59.7 Å². The molecule has 8 heteroatoms. The predicted octanol–water partition coefficient (Wildman–Crippen LogP) is 2.10. The summed E-state index contributed by atoms with van der Waals surface area (Å²) in [5, 5.41) is 6.25. The van der Waals surface area contributed by atoms with E-state index in [4.69, 9.17) is 0 Å². The zero-order valence-corrected chi connectivity index (χ0v) is 19.1. The van der Waals surface area contributed by atoms with Crippen LogP contribution in [0.3, 0.4) is 0 Å². The summed E-state index contributed by atoms with van der Waals surface area (Å²) in [6.07, 6.45) is 2.24. The van der Waals surface area contributed by atoms with Gasteiger partial charge in [-0.1, -0.05) is 36.4 Å². The van der Waals surface area contributed by atoms with Gasteiger partial charge in [-0.15, -0.1) is 24.0 Å². The lowest BCUT2D eigenvalue weighted by molar-refractivity contribution is -0.121. The molecule has 2 N–H and O–H groups in total. The number of carbonyl (C=O) groups excluding carboxylic acids is 1. The molecule has 0 saturated carbocycles. The molecule has 0 atom stereocenters. The third kappa shape index (κ3) is 7.19. The van der Waals surface area contributed by atoms with E-state index in [0.29, 0.717) is 19.5 Å². The van der Waals surface area contributed by atoms with Gasteiger partial charge in [-0.2, -0.15) is 0 Å². The van der Waals surface area contributed by atoms with Crippen molar-refractivity contribution < 1.29 is 4.79 Å². The minimum absolute atomic E-state index is 0. The van der Waals surface area contributed by atoms with Crippen LogP contribution in [-0.2, 0) is 11.3 Å². The van der Waals surface area contributed by atoms with Crippen LogP contribution in [0.1, 0.15) is 12.0 Å². The maximum absolute atomic E-state index is 12.0. The van der Waals surface area contributed by atoms with Gasteiger partial charge in [0, 0.05) is 58.9 Å². The molecule has 2 aromatic rings. The van der Waals surface area contributed by atoms with Gasteiger partial charge < -0.3 is 20.4 Å². The van der Waals surface area contributed by atoms with Crippen LogP contribution in [0.5, 0.6) is 0 Å². The molecule has 1 aliphatic rings. The fraction of sp³-hybridized carbons (Fsp3) is 0.381. The second kappa shape index (κ2) is 12.3. The number of aromatic nitrogens is 1. The molecule has 1 amide bonds. The Morgan fingerprint density at radius 3 is 2.41 bits per heavy atom. The molecule has 3 rings (SSSR count). The van der Waals surface area contributed by atoms with Gasteiger partial charge in [0.2, 0.25) is 5.91 Å². The quantitative estimate of drug-likeness (QED) is 0.356. The van der Waals surface area contributed by atoms with E-state index in [1.807, 2.05) is 54.7 Å². The first kappa shape index (κ1) is 22.9. The van der Waals surface area contributed by atoms with Crippen LogP contribution in [0.2, 0.25) is 0 Å². The normalized spacial score (nSPS) is 14.2. The van der Waals surface area contributed by atoms with Crippen molar-refractivity contribution in [3.05, 3.63) is 60.3 Å². The molecule has 1 aromatic heterocycles.